The van der Waals surface area contributed by atoms with Crippen LogP contribution in [0.1, 0.15) is 48.0 Å². The summed E-state index contributed by atoms with van der Waals surface area (Å²) in [6.45, 7) is 13.6. The summed E-state index contributed by atoms with van der Waals surface area (Å²) in [5.74, 6) is -1.32. The zero-order valence-electron chi connectivity index (χ0n) is 13.4. The molecule has 7 heteroatoms. The lowest BCUT2D eigenvalue weighted by molar-refractivity contribution is -0.467. The van der Waals surface area contributed by atoms with Gasteiger partial charge in [0.2, 0.25) is 0 Å². The summed E-state index contributed by atoms with van der Waals surface area (Å²) in [7, 11) is 0. The van der Waals surface area contributed by atoms with Crippen LogP contribution in [0.3, 0.4) is 0 Å². The van der Waals surface area contributed by atoms with E-state index in [2.05, 4.69) is 6.58 Å². The summed E-state index contributed by atoms with van der Waals surface area (Å²) < 4.78 is 15.6. The van der Waals surface area contributed by atoms with Gasteiger partial charge in [-0.15, -0.1) is 0 Å². The molecule has 21 heavy (non-hydrogen) atoms. The van der Waals surface area contributed by atoms with Crippen LogP contribution in [-0.2, 0) is 24.0 Å². The fraction of sp³-hybridized carbons (Fsp3) is 0.786. The molecule has 0 aromatic heterocycles. The number of rotatable bonds is 6. The largest absolute Gasteiger partial charge is 0.514 e. The summed E-state index contributed by atoms with van der Waals surface area (Å²) in [6.07, 6.45) is -1.61. The predicted molar refractivity (Wildman–Crippen MR) is 72.8 cm³/mol. The monoisotopic (exact) mass is 304 g/mol. The van der Waals surface area contributed by atoms with Crippen LogP contribution in [0, 0.1) is 0 Å². The number of hydrogen-bond donors (Lipinski definition) is 1. The molecular formula is C14H24O7. The second-order valence-corrected chi connectivity index (χ2v) is 6.60. The smallest absolute Gasteiger partial charge is 0.419 e. The first-order valence-electron chi connectivity index (χ1n) is 6.66. The molecule has 0 saturated carbocycles. The summed E-state index contributed by atoms with van der Waals surface area (Å²) in [5.41, 5.74) is -1.62. The van der Waals surface area contributed by atoms with Gasteiger partial charge in [-0.1, -0.05) is 6.58 Å². The first kappa shape index (κ1) is 17.9. The standard InChI is InChI=1S/C14H24O7/c1-9-14(7,19-11(15)17-9)8-10(18-12(2,3)4)20-21-13(5,6)16/h10,16H,1,8H2,2-7H3. The van der Waals surface area contributed by atoms with Crippen molar-refractivity contribution in [1.29, 1.82) is 0 Å². The Hall–Kier alpha value is -1.15. The van der Waals surface area contributed by atoms with Gasteiger partial charge in [-0.05, 0) is 41.5 Å². The first-order valence-corrected chi connectivity index (χ1v) is 6.66. The fourth-order valence-corrected chi connectivity index (χ4v) is 1.60. The van der Waals surface area contributed by atoms with Crippen molar-refractivity contribution in [3.05, 3.63) is 12.3 Å². The number of carbonyl (C=O) groups excluding carboxylic acids is 1. The normalized spacial score (nSPS) is 24.7. The lowest BCUT2D eigenvalue weighted by atomic mass is 10.00. The molecule has 0 aromatic rings. The van der Waals surface area contributed by atoms with Gasteiger partial charge in [0, 0.05) is 6.42 Å². The lowest BCUT2D eigenvalue weighted by Crippen LogP contribution is -2.39. The molecule has 1 heterocycles. The fourth-order valence-electron chi connectivity index (χ4n) is 1.60. The van der Waals surface area contributed by atoms with E-state index in [0.717, 1.165) is 0 Å². The molecule has 2 atom stereocenters. The van der Waals surface area contributed by atoms with Crippen molar-refractivity contribution in [2.75, 3.05) is 0 Å². The average Bonchev–Trinajstić information content (AvgIpc) is 2.45. The van der Waals surface area contributed by atoms with E-state index in [1.165, 1.54) is 13.8 Å². The van der Waals surface area contributed by atoms with Gasteiger partial charge in [-0.3, -0.25) is 0 Å². The molecule has 1 fully saturated rings. The Kier molecular flexibility index (Phi) is 5.05. The molecule has 0 bridgehead atoms. The van der Waals surface area contributed by atoms with E-state index >= 15 is 0 Å². The third-order valence-electron chi connectivity index (χ3n) is 2.51. The molecule has 0 aliphatic carbocycles. The Balaban J connectivity index is 2.77. The van der Waals surface area contributed by atoms with Crippen LogP contribution in [0.2, 0.25) is 0 Å². The molecule has 0 spiro atoms. The molecule has 0 amide bonds. The second-order valence-electron chi connectivity index (χ2n) is 6.60. The molecule has 122 valence electrons. The zero-order chi connectivity index (χ0) is 16.5. The van der Waals surface area contributed by atoms with Crippen molar-refractivity contribution in [3.8, 4) is 0 Å². The van der Waals surface area contributed by atoms with Crippen LogP contribution in [0.4, 0.5) is 4.79 Å². The number of aliphatic hydroxyl groups is 1. The molecule has 1 saturated heterocycles. The Morgan fingerprint density at radius 2 is 1.90 bits per heavy atom. The maximum absolute atomic E-state index is 11.2. The molecular weight excluding hydrogens is 280 g/mol. The van der Waals surface area contributed by atoms with E-state index in [0.29, 0.717) is 0 Å². The Morgan fingerprint density at radius 3 is 2.29 bits per heavy atom. The third kappa shape index (κ3) is 6.01. The minimum Gasteiger partial charge on any atom is -0.419 e. The maximum Gasteiger partial charge on any atom is 0.514 e. The quantitative estimate of drug-likeness (QED) is 0.349. The van der Waals surface area contributed by atoms with Gasteiger partial charge in [0.25, 0.3) is 0 Å². The summed E-state index contributed by atoms with van der Waals surface area (Å²) in [4.78, 5) is 21.2. The van der Waals surface area contributed by atoms with E-state index < -0.39 is 29.4 Å². The lowest BCUT2D eigenvalue weighted by Gasteiger charge is -2.32. The van der Waals surface area contributed by atoms with Crippen molar-refractivity contribution in [1.82, 2.24) is 0 Å². The van der Waals surface area contributed by atoms with Crippen molar-refractivity contribution in [2.24, 2.45) is 0 Å². The number of cyclic esters (lactones) is 2. The molecule has 0 aromatic carbocycles. The Morgan fingerprint density at radius 1 is 1.33 bits per heavy atom. The van der Waals surface area contributed by atoms with Gasteiger partial charge in [0.1, 0.15) is 5.76 Å². The van der Waals surface area contributed by atoms with Gasteiger partial charge in [-0.25, -0.2) is 9.68 Å². The number of hydrogen-bond acceptors (Lipinski definition) is 7. The molecule has 1 rings (SSSR count). The molecule has 1 aliphatic rings. The zero-order valence-corrected chi connectivity index (χ0v) is 13.4. The van der Waals surface area contributed by atoms with Crippen LogP contribution < -0.4 is 0 Å². The molecule has 1 aliphatic heterocycles. The summed E-state index contributed by atoms with van der Waals surface area (Å²) in [6, 6.07) is 0. The SMILES string of the molecule is C=C1OC(=O)OC1(C)CC(OOC(C)(C)O)OC(C)(C)C. The highest BCUT2D eigenvalue weighted by atomic mass is 17.2. The van der Waals surface area contributed by atoms with Gasteiger partial charge in [-0.2, -0.15) is 4.89 Å². The van der Waals surface area contributed by atoms with Crippen LogP contribution >= 0.6 is 0 Å². The van der Waals surface area contributed by atoms with Crippen LogP contribution in [0.5, 0.6) is 0 Å². The first-order chi connectivity index (χ1) is 9.31. The van der Waals surface area contributed by atoms with Gasteiger partial charge < -0.3 is 19.3 Å². The summed E-state index contributed by atoms with van der Waals surface area (Å²) in [5, 5.41) is 9.55. The third-order valence-corrected chi connectivity index (χ3v) is 2.51. The molecule has 0 radical (unpaired) electrons. The average molecular weight is 304 g/mol. The number of ether oxygens (including phenoxy) is 3. The van der Waals surface area contributed by atoms with Gasteiger partial charge >= 0.3 is 6.16 Å². The molecule has 1 N–H and O–H groups in total. The summed E-state index contributed by atoms with van der Waals surface area (Å²) >= 11 is 0. The minimum atomic E-state index is -1.49. The Labute approximate surface area is 124 Å². The van der Waals surface area contributed by atoms with Crippen LogP contribution in [-0.4, -0.2) is 34.5 Å². The van der Waals surface area contributed by atoms with E-state index in [1.54, 1.807) is 6.92 Å². The highest BCUT2D eigenvalue weighted by Gasteiger charge is 2.45. The predicted octanol–water partition coefficient (Wildman–Crippen LogP) is 2.63. The number of carbonyl (C=O) groups is 1. The van der Waals surface area contributed by atoms with E-state index in [4.69, 9.17) is 24.0 Å². The van der Waals surface area contributed by atoms with E-state index in [-0.39, 0.29) is 12.2 Å². The van der Waals surface area contributed by atoms with Crippen molar-refractivity contribution >= 4 is 6.16 Å². The molecule has 2 unspecified atom stereocenters. The second kappa shape index (κ2) is 5.92. The van der Waals surface area contributed by atoms with Crippen molar-refractivity contribution in [3.63, 3.8) is 0 Å². The topological polar surface area (TPSA) is 83.5 Å². The Bertz CT molecular complexity index is 405. The molecule has 7 nitrogen and oxygen atoms in total. The van der Waals surface area contributed by atoms with Crippen LogP contribution in [0.25, 0.3) is 0 Å². The van der Waals surface area contributed by atoms with E-state index in [9.17, 15) is 9.90 Å². The highest BCUT2D eigenvalue weighted by molar-refractivity contribution is 5.66. The minimum absolute atomic E-state index is 0.102. The van der Waals surface area contributed by atoms with Gasteiger partial charge in [0.15, 0.2) is 17.7 Å². The van der Waals surface area contributed by atoms with E-state index in [1.807, 2.05) is 20.8 Å². The van der Waals surface area contributed by atoms with Crippen molar-refractivity contribution < 1.29 is 33.9 Å². The maximum atomic E-state index is 11.2. The van der Waals surface area contributed by atoms with Gasteiger partial charge in [0.05, 0.1) is 5.60 Å². The highest BCUT2D eigenvalue weighted by Crippen LogP contribution is 2.35. The van der Waals surface area contributed by atoms with Crippen LogP contribution in [0.15, 0.2) is 12.3 Å². The van der Waals surface area contributed by atoms with Crippen molar-refractivity contribution in [2.45, 2.75) is 71.2 Å².